The van der Waals surface area contributed by atoms with Gasteiger partial charge < -0.3 is 20.6 Å². The molecule has 5 nitrogen and oxygen atoms in total. The molecule has 128 valence electrons. The van der Waals surface area contributed by atoms with Crippen LogP contribution in [0.1, 0.15) is 12.8 Å². The molecule has 2 saturated heterocycles. The van der Waals surface area contributed by atoms with Crippen LogP contribution in [0.25, 0.3) is 0 Å². The van der Waals surface area contributed by atoms with Crippen molar-refractivity contribution in [2.45, 2.75) is 18.9 Å². The Kier molecular flexibility index (Phi) is 5.23. The second-order valence-electron chi connectivity index (χ2n) is 6.53. The van der Waals surface area contributed by atoms with E-state index in [0.717, 1.165) is 57.8 Å². The highest BCUT2D eigenvalue weighted by molar-refractivity contribution is 5.61. The van der Waals surface area contributed by atoms with Gasteiger partial charge in [0.2, 0.25) is 0 Å². The van der Waals surface area contributed by atoms with Gasteiger partial charge in [0.25, 0.3) is 0 Å². The van der Waals surface area contributed by atoms with Crippen LogP contribution in [-0.2, 0) is 0 Å². The Morgan fingerprint density at radius 3 is 2.39 bits per heavy atom. The van der Waals surface area contributed by atoms with Gasteiger partial charge in [0.05, 0.1) is 5.69 Å². The molecule has 3 N–H and O–H groups in total. The van der Waals surface area contributed by atoms with Crippen LogP contribution >= 0.6 is 0 Å². The molecule has 2 fully saturated rings. The largest absolute Gasteiger partial charge is 0.506 e. The summed E-state index contributed by atoms with van der Waals surface area (Å²) in [6.07, 6.45) is 2.28. The van der Waals surface area contributed by atoms with Crippen LogP contribution in [-0.4, -0.2) is 73.4 Å². The summed E-state index contributed by atoms with van der Waals surface area (Å²) in [5.41, 5.74) is 7.13. The predicted molar refractivity (Wildman–Crippen MR) is 91.7 cm³/mol. The summed E-state index contributed by atoms with van der Waals surface area (Å²) in [4.78, 5) is 7.10. The maximum atomic E-state index is 12.4. The van der Waals surface area contributed by atoms with Gasteiger partial charge in [-0.05, 0) is 38.1 Å². The number of phenolic OH excluding ortho intramolecular Hbond substituents is 1. The van der Waals surface area contributed by atoms with E-state index in [4.69, 9.17) is 5.73 Å². The molecule has 1 aromatic rings. The van der Waals surface area contributed by atoms with E-state index in [1.54, 1.807) is 12.1 Å². The van der Waals surface area contributed by atoms with Crippen molar-refractivity contribution in [3.63, 3.8) is 0 Å². The predicted octanol–water partition coefficient (Wildman–Crippen LogP) is 1.53. The monoisotopic (exact) mass is 322 g/mol. The molecule has 0 unspecified atom stereocenters. The van der Waals surface area contributed by atoms with E-state index in [1.165, 1.54) is 0 Å². The van der Waals surface area contributed by atoms with Crippen molar-refractivity contribution in [3.8, 4) is 5.75 Å². The number of alkyl halides is 1. The molecule has 0 aliphatic carbocycles. The Morgan fingerprint density at radius 2 is 1.78 bits per heavy atom. The van der Waals surface area contributed by atoms with E-state index in [9.17, 15) is 9.50 Å². The number of piperidine rings is 1. The zero-order chi connectivity index (χ0) is 16.2. The lowest BCUT2D eigenvalue weighted by atomic mass is 10.0. The number of halogens is 1. The summed E-state index contributed by atoms with van der Waals surface area (Å²) >= 11 is 0. The molecule has 0 radical (unpaired) electrons. The average Bonchev–Trinajstić information content (AvgIpc) is 2.59. The summed E-state index contributed by atoms with van der Waals surface area (Å²) < 4.78 is 12.4. The van der Waals surface area contributed by atoms with E-state index in [-0.39, 0.29) is 12.4 Å². The molecule has 0 atom stereocenters. The molecular weight excluding hydrogens is 295 g/mol. The Labute approximate surface area is 137 Å². The van der Waals surface area contributed by atoms with E-state index in [0.29, 0.717) is 18.3 Å². The maximum absolute atomic E-state index is 12.4. The van der Waals surface area contributed by atoms with Gasteiger partial charge in [-0.15, -0.1) is 0 Å². The molecule has 2 aliphatic heterocycles. The molecule has 0 bridgehead atoms. The lowest BCUT2D eigenvalue weighted by Gasteiger charge is -2.43. The minimum absolute atomic E-state index is 0.158. The summed E-state index contributed by atoms with van der Waals surface area (Å²) in [5.74, 6) is 0.158. The molecule has 0 spiro atoms. The second-order valence-corrected chi connectivity index (χ2v) is 6.53. The minimum atomic E-state index is -0.238. The number of hydrogen-bond acceptors (Lipinski definition) is 5. The zero-order valence-corrected chi connectivity index (χ0v) is 13.6. The molecule has 0 amide bonds. The Hall–Kier alpha value is -1.53. The van der Waals surface area contributed by atoms with Crippen LogP contribution < -0.4 is 10.6 Å². The summed E-state index contributed by atoms with van der Waals surface area (Å²) in [6, 6.07) is 6.12. The molecular formula is C17H27FN4O. The molecule has 0 saturated carbocycles. The summed E-state index contributed by atoms with van der Waals surface area (Å²) in [7, 11) is 0. The molecule has 2 aliphatic rings. The van der Waals surface area contributed by atoms with Gasteiger partial charge in [-0.1, -0.05) is 0 Å². The van der Waals surface area contributed by atoms with Crippen LogP contribution in [0.15, 0.2) is 18.2 Å². The van der Waals surface area contributed by atoms with Gasteiger partial charge in [0.1, 0.15) is 12.4 Å². The Morgan fingerprint density at radius 1 is 1.09 bits per heavy atom. The Bertz CT molecular complexity index is 511. The lowest BCUT2D eigenvalue weighted by Crippen LogP contribution is -2.53. The normalized spacial score (nSPS) is 21.7. The number of nitrogen functional groups attached to an aromatic ring is 1. The number of nitrogens with two attached hydrogens (primary N) is 1. The van der Waals surface area contributed by atoms with Crippen molar-refractivity contribution < 1.29 is 9.50 Å². The van der Waals surface area contributed by atoms with Gasteiger partial charge >= 0.3 is 0 Å². The highest BCUT2D eigenvalue weighted by Crippen LogP contribution is 2.27. The molecule has 1 aromatic carbocycles. The fourth-order valence-electron chi connectivity index (χ4n) is 3.70. The van der Waals surface area contributed by atoms with Gasteiger partial charge in [0.15, 0.2) is 0 Å². The number of hydrogen-bond donors (Lipinski definition) is 2. The van der Waals surface area contributed by atoms with Gasteiger partial charge in [-0.25, -0.2) is 4.39 Å². The van der Waals surface area contributed by atoms with Crippen molar-refractivity contribution in [1.29, 1.82) is 0 Å². The maximum Gasteiger partial charge on any atom is 0.140 e. The number of likely N-dealkylation sites (tertiary alicyclic amines) is 1. The fourth-order valence-corrected chi connectivity index (χ4v) is 3.70. The number of anilines is 2. The number of rotatable bonds is 4. The molecule has 6 heteroatoms. The number of benzene rings is 1. The van der Waals surface area contributed by atoms with Crippen molar-refractivity contribution in [1.82, 2.24) is 9.80 Å². The quantitative estimate of drug-likeness (QED) is 0.650. The highest BCUT2D eigenvalue weighted by Gasteiger charge is 2.27. The number of aromatic hydroxyl groups is 1. The molecule has 2 heterocycles. The third-order valence-corrected chi connectivity index (χ3v) is 5.17. The van der Waals surface area contributed by atoms with Crippen molar-refractivity contribution in [3.05, 3.63) is 18.2 Å². The molecule has 3 rings (SSSR count). The summed E-state index contributed by atoms with van der Waals surface area (Å²) in [5, 5.41) is 9.76. The lowest BCUT2D eigenvalue weighted by molar-refractivity contribution is 0.0998. The first-order chi connectivity index (χ1) is 11.2. The third-order valence-electron chi connectivity index (χ3n) is 5.17. The van der Waals surface area contributed by atoms with Crippen LogP contribution in [0.2, 0.25) is 0 Å². The number of piperazine rings is 1. The first-order valence-corrected chi connectivity index (χ1v) is 8.53. The topological polar surface area (TPSA) is 56.0 Å². The van der Waals surface area contributed by atoms with Crippen LogP contribution in [0.4, 0.5) is 15.8 Å². The molecule has 0 aromatic heterocycles. The smallest absolute Gasteiger partial charge is 0.140 e. The van der Waals surface area contributed by atoms with E-state index in [1.807, 2.05) is 6.07 Å². The number of nitrogens with zero attached hydrogens (tertiary/aromatic N) is 3. The average molecular weight is 322 g/mol. The van der Waals surface area contributed by atoms with Gasteiger partial charge in [-0.3, -0.25) is 4.90 Å². The fraction of sp³-hybridized carbons (Fsp3) is 0.647. The van der Waals surface area contributed by atoms with Crippen molar-refractivity contribution in [2.75, 3.05) is 63.1 Å². The van der Waals surface area contributed by atoms with Crippen LogP contribution in [0.3, 0.4) is 0 Å². The Balaban J connectivity index is 1.50. The van der Waals surface area contributed by atoms with E-state index in [2.05, 4.69) is 14.7 Å². The standard InChI is InChI=1S/C17H27FN4O/c18-5-8-20-6-3-14(4-7-20)21-9-11-22(12-10-21)15-1-2-16(19)17(23)13-15/h1-2,13-14,23H,3-12,19H2. The van der Waals surface area contributed by atoms with Crippen molar-refractivity contribution >= 4 is 11.4 Å². The van der Waals surface area contributed by atoms with Gasteiger partial charge in [-0.2, -0.15) is 0 Å². The SMILES string of the molecule is Nc1ccc(N2CCN(C3CCN(CCF)CC3)CC2)cc1O. The molecule has 23 heavy (non-hydrogen) atoms. The zero-order valence-electron chi connectivity index (χ0n) is 13.6. The highest BCUT2D eigenvalue weighted by atomic mass is 19.1. The van der Waals surface area contributed by atoms with Crippen LogP contribution in [0.5, 0.6) is 5.75 Å². The van der Waals surface area contributed by atoms with Crippen molar-refractivity contribution in [2.24, 2.45) is 0 Å². The van der Waals surface area contributed by atoms with Gasteiger partial charge in [0, 0.05) is 50.5 Å². The summed E-state index contributed by atoms with van der Waals surface area (Å²) in [6.45, 7) is 6.39. The number of phenols is 1. The van der Waals surface area contributed by atoms with E-state index < -0.39 is 0 Å². The van der Waals surface area contributed by atoms with Crippen LogP contribution in [0, 0.1) is 0 Å². The minimum Gasteiger partial charge on any atom is -0.506 e. The first kappa shape index (κ1) is 16.3. The van der Waals surface area contributed by atoms with E-state index >= 15 is 0 Å². The first-order valence-electron chi connectivity index (χ1n) is 8.53. The second kappa shape index (κ2) is 7.36. The third kappa shape index (κ3) is 3.87.